The van der Waals surface area contributed by atoms with Gasteiger partial charge in [0.25, 0.3) is 0 Å². The van der Waals surface area contributed by atoms with Crippen LogP contribution >= 0.6 is 36.2 Å². The summed E-state index contributed by atoms with van der Waals surface area (Å²) in [6.45, 7) is 0. The molecule has 21 heavy (non-hydrogen) atoms. The fourth-order valence-electron chi connectivity index (χ4n) is 2.11. The molecule has 3 rings (SSSR count). The van der Waals surface area contributed by atoms with E-state index < -0.39 is 0 Å². The number of rotatable bonds is 4. The zero-order valence-electron chi connectivity index (χ0n) is 11.4. The Morgan fingerprint density at radius 2 is 1.38 bits per heavy atom. The van der Waals surface area contributed by atoms with E-state index >= 15 is 0 Å². The Hall–Kier alpha value is -1.35. The van der Waals surface area contributed by atoms with Crippen LogP contribution in [0.1, 0.15) is 11.1 Å². The van der Waals surface area contributed by atoms with E-state index in [0.29, 0.717) is 0 Å². The Morgan fingerprint density at radius 3 is 1.95 bits per heavy atom. The fraction of sp³-hybridized carbons (Fsp3) is 0.118. The highest BCUT2D eigenvalue weighted by molar-refractivity contribution is 7.13. The minimum Gasteiger partial charge on any atom is -0.245 e. The van der Waals surface area contributed by atoms with Gasteiger partial charge in [0.05, 0.1) is 0 Å². The van der Waals surface area contributed by atoms with Crippen molar-refractivity contribution in [2.24, 2.45) is 0 Å². The van der Waals surface area contributed by atoms with Gasteiger partial charge in [-0.3, -0.25) is 0 Å². The first kappa shape index (κ1) is 17.7. The van der Waals surface area contributed by atoms with Crippen LogP contribution < -0.4 is 0 Å². The van der Waals surface area contributed by atoms with Crippen LogP contribution in [0.25, 0.3) is 10.6 Å². The van der Waals surface area contributed by atoms with Crippen molar-refractivity contribution in [2.45, 2.75) is 12.8 Å². The van der Waals surface area contributed by atoms with Gasteiger partial charge >= 0.3 is 0 Å². The molecule has 1 aromatic heterocycles. The summed E-state index contributed by atoms with van der Waals surface area (Å²) in [6, 6.07) is 19.4. The van der Waals surface area contributed by atoms with Gasteiger partial charge in [-0.2, -0.15) is 0 Å². The monoisotopic (exact) mass is 337 g/mol. The van der Waals surface area contributed by atoms with Gasteiger partial charge in [0.15, 0.2) is 0 Å². The van der Waals surface area contributed by atoms with Crippen molar-refractivity contribution in [1.29, 1.82) is 0 Å². The molecule has 0 amide bonds. The van der Waals surface area contributed by atoms with Crippen LogP contribution in [0.4, 0.5) is 0 Å². The molecule has 0 aliphatic carbocycles. The third kappa shape index (κ3) is 4.85. The molecule has 0 saturated carbocycles. The molecule has 1 heterocycles. The zero-order chi connectivity index (χ0) is 12.9. The second kappa shape index (κ2) is 8.83. The van der Waals surface area contributed by atoms with Crippen LogP contribution in [0.3, 0.4) is 0 Å². The van der Waals surface area contributed by atoms with Gasteiger partial charge in [-0.1, -0.05) is 54.6 Å². The highest BCUT2D eigenvalue weighted by atomic mass is 35.5. The quantitative estimate of drug-likeness (QED) is 0.617. The Labute approximate surface area is 141 Å². The van der Waals surface area contributed by atoms with E-state index in [1.165, 1.54) is 16.7 Å². The summed E-state index contributed by atoms with van der Waals surface area (Å²) in [7, 11) is 0. The standard InChI is InChI=1S/C17H15NS.2ClH/c1-2-4-14(5-3-1)6-7-15-8-10-16(11-9-15)17-18-12-13-19-17;;/h1-5,8-13H,6-7H2;2*1H. The largest absolute Gasteiger partial charge is 0.245 e. The van der Waals surface area contributed by atoms with Crippen molar-refractivity contribution in [3.8, 4) is 10.6 Å². The predicted octanol–water partition coefficient (Wildman–Crippen LogP) is 5.44. The number of thiazole rings is 1. The highest BCUT2D eigenvalue weighted by Crippen LogP contribution is 2.22. The molecule has 4 heteroatoms. The van der Waals surface area contributed by atoms with E-state index in [1.54, 1.807) is 11.3 Å². The lowest BCUT2D eigenvalue weighted by Gasteiger charge is -2.03. The summed E-state index contributed by atoms with van der Waals surface area (Å²) in [5.41, 5.74) is 3.98. The van der Waals surface area contributed by atoms with Crippen molar-refractivity contribution >= 4 is 36.2 Å². The zero-order valence-corrected chi connectivity index (χ0v) is 13.9. The summed E-state index contributed by atoms with van der Waals surface area (Å²) < 4.78 is 0. The van der Waals surface area contributed by atoms with Crippen LogP contribution in [-0.2, 0) is 12.8 Å². The molecule has 1 nitrogen and oxygen atoms in total. The second-order valence-electron chi connectivity index (χ2n) is 4.52. The van der Waals surface area contributed by atoms with Crippen molar-refractivity contribution in [3.63, 3.8) is 0 Å². The molecule has 0 aliphatic rings. The number of aryl methyl sites for hydroxylation is 2. The van der Waals surface area contributed by atoms with Gasteiger partial charge in [-0.15, -0.1) is 36.2 Å². The normalized spacial score (nSPS) is 9.52. The van der Waals surface area contributed by atoms with Gasteiger partial charge in [0, 0.05) is 17.1 Å². The second-order valence-corrected chi connectivity index (χ2v) is 5.41. The molecule has 0 spiro atoms. The van der Waals surface area contributed by atoms with Crippen LogP contribution in [0.15, 0.2) is 66.2 Å². The van der Waals surface area contributed by atoms with E-state index in [2.05, 4.69) is 59.6 Å². The lowest BCUT2D eigenvalue weighted by molar-refractivity contribution is 0.960. The molecule has 0 saturated heterocycles. The molecule has 2 aromatic carbocycles. The minimum atomic E-state index is 0. The topological polar surface area (TPSA) is 12.9 Å². The lowest BCUT2D eigenvalue weighted by Crippen LogP contribution is -1.90. The molecule has 0 bridgehead atoms. The average molecular weight is 338 g/mol. The van der Waals surface area contributed by atoms with E-state index in [9.17, 15) is 0 Å². The highest BCUT2D eigenvalue weighted by Gasteiger charge is 2.00. The molecule has 0 radical (unpaired) electrons. The Kier molecular flexibility index (Phi) is 7.44. The average Bonchev–Trinajstić information content (AvgIpc) is 3.01. The summed E-state index contributed by atoms with van der Waals surface area (Å²) >= 11 is 1.68. The van der Waals surface area contributed by atoms with Crippen molar-refractivity contribution in [2.75, 3.05) is 0 Å². The Morgan fingerprint density at radius 1 is 0.762 bits per heavy atom. The van der Waals surface area contributed by atoms with Crippen LogP contribution in [0, 0.1) is 0 Å². The fourth-order valence-corrected chi connectivity index (χ4v) is 2.76. The maximum Gasteiger partial charge on any atom is 0.123 e. The maximum absolute atomic E-state index is 4.33. The van der Waals surface area contributed by atoms with Gasteiger partial charge in [-0.25, -0.2) is 4.98 Å². The molecule has 110 valence electrons. The molecule has 0 unspecified atom stereocenters. The molecule has 3 aromatic rings. The van der Waals surface area contributed by atoms with Gasteiger partial charge in [0.2, 0.25) is 0 Å². The summed E-state index contributed by atoms with van der Waals surface area (Å²) in [4.78, 5) is 4.33. The van der Waals surface area contributed by atoms with Gasteiger partial charge < -0.3 is 0 Å². The van der Waals surface area contributed by atoms with E-state index in [1.807, 2.05) is 11.6 Å². The molecule has 0 atom stereocenters. The Bertz CT molecular complexity index is 622. The van der Waals surface area contributed by atoms with Crippen LogP contribution in [0.5, 0.6) is 0 Å². The first-order chi connectivity index (χ1) is 9.42. The first-order valence-electron chi connectivity index (χ1n) is 6.44. The predicted molar refractivity (Wildman–Crippen MR) is 95.9 cm³/mol. The lowest BCUT2D eigenvalue weighted by atomic mass is 10.0. The number of hydrogen-bond acceptors (Lipinski definition) is 2. The smallest absolute Gasteiger partial charge is 0.123 e. The third-order valence-corrected chi connectivity index (χ3v) is 4.00. The molecular formula is C17H17Cl2NS. The van der Waals surface area contributed by atoms with Gasteiger partial charge in [-0.05, 0) is 24.0 Å². The third-order valence-electron chi connectivity index (χ3n) is 3.18. The first-order valence-corrected chi connectivity index (χ1v) is 7.32. The van der Waals surface area contributed by atoms with E-state index in [0.717, 1.165) is 17.8 Å². The number of halogens is 2. The van der Waals surface area contributed by atoms with Crippen molar-refractivity contribution in [1.82, 2.24) is 4.98 Å². The number of benzene rings is 2. The SMILES string of the molecule is Cl.Cl.c1ccc(CCc2ccc(-c3nccs3)cc2)cc1. The summed E-state index contributed by atoms with van der Waals surface area (Å²) in [6.07, 6.45) is 4.03. The summed E-state index contributed by atoms with van der Waals surface area (Å²) in [5, 5.41) is 3.10. The number of aromatic nitrogens is 1. The van der Waals surface area contributed by atoms with Crippen LogP contribution in [-0.4, -0.2) is 4.98 Å². The van der Waals surface area contributed by atoms with E-state index in [-0.39, 0.29) is 24.8 Å². The van der Waals surface area contributed by atoms with Crippen molar-refractivity contribution < 1.29 is 0 Å². The van der Waals surface area contributed by atoms with Crippen molar-refractivity contribution in [3.05, 3.63) is 77.3 Å². The Balaban J connectivity index is 0.00000110. The number of nitrogens with zero attached hydrogens (tertiary/aromatic N) is 1. The molecule has 0 aliphatic heterocycles. The number of hydrogen-bond donors (Lipinski definition) is 0. The summed E-state index contributed by atoms with van der Waals surface area (Å²) in [5.74, 6) is 0. The maximum atomic E-state index is 4.33. The van der Waals surface area contributed by atoms with E-state index in [4.69, 9.17) is 0 Å². The molecule has 0 fully saturated rings. The van der Waals surface area contributed by atoms with Crippen LogP contribution in [0.2, 0.25) is 0 Å². The molecular weight excluding hydrogens is 321 g/mol. The minimum absolute atomic E-state index is 0. The van der Waals surface area contributed by atoms with Gasteiger partial charge in [0.1, 0.15) is 5.01 Å². The molecule has 0 N–H and O–H groups in total.